The van der Waals surface area contributed by atoms with Crippen LogP contribution in [0.3, 0.4) is 0 Å². The van der Waals surface area contributed by atoms with Crippen molar-refractivity contribution >= 4 is 21.8 Å². The smallest absolute Gasteiger partial charge is 0.257 e. The monoisotopic (exact) mass is 344 g/mol. The summed E-state index contributed by atoms with van der Waals surface area (Å²) in [6.45, 7) is 2.91. The highest BCUT2D eigenvalue weighted by Crippen LogP contribution is 2.35. The molecule has 4 heteroatoms. The Bertz CT molecular complexity index is 671. The second-order valence-corrected chi connectivity index (χ2v) is 6.11. The average molecular weight is 345 g/mol. The van der Waals surface area contributed by atoms with Gasteiger partial charge in [0.1, 0.15) is 4.60 Å². The Hall–Kier alpha value is -1.68. The van der Waals surface area contributed by atoms with Crippen molar-refractivity contribution in [3.63, 3.8) is 0 Å². The van der Waals surface area contributed by atoms with Crippen molar-refractivity contribution in [2.45, 2.75) is 25.8 Å². The van der Waals surface area contributed by atoms with Crippen LogP contribution in [-0.2, 0) is 0 Å². The molecule has 0 bridgehead atoms. The maximum absolute atomic E-state index is 12.8. The van der Waals surface area contributed by atoms with Gasteiger partial charge in [-0.15, -0.1) is 0 Å². The minimum atomic E-state index is 0.0562. The summed E-state index contributed by atoms with van der Waals surface area (Å²) in [7, 11) is 0. The molecule has 0 saturated carbocycles. The molecule has 1 aromatic carbocycles. The SMILES string of the molecule is Cc1ccccc1C1CCCN1C(=O)c1cccnc1Br. The summed E-state index contributed by atoms with van der Waals surface area (Å²) in [5.74, 6) is 0.0562. The molecule has 1 aliphatic heterocycles. The van der Waals surface area contributed by atoms with Crippen LogP contribution in [0.2, 0.25) is 0 Å². The van der Waals surface area contributed by atoms with Crippen LogP contribution < -0.4 is 0 Å². The van der Waals surface area contributed by atoms with Gasteiger partial charge in [-0.25, -0.2) is 4.98 Å². The number of likely N-dealkylation sites (tertiary alicyclic amines) is 1. The van der Waals surface area contributed by atoms with Crippen molar-refractivity contribution < 1.29 is 4.79 Å². The summed E-state index contributed by atoms with van der Waals surface area (Å²) in [6, 6.07) is 12.1. The van der Waals surface area contributed by atoms with Crippen LogP contribution in [0, 0.1) is 6.92 Å². The molecule has 0 aliphatic carbocycles. The molecule has 0 spiro atoms. The number of halogens is 1. The van der Waals surface area contributed by atoms with E-state index < -0.39 is 0 Å². The summed E-state index contributed by atoms with van der Waals surface area (Å²) in [5.41, 5.74) is 3.13. The molecule has 1 aliphatic rings. The molecule has 1 unspecified atom stereocenters. The van der Waals surface area contributed by atoms with E-state index in [4.69, 9.17) is 0 Å². The van der Waals surface area contributed by atoms with Crippen molar-refractivity contribution in [3.05, 3.63) is 63.9 Å². The molecular formula is C17H17BrN2O. The molecule has 1 atom stereocenters. The number of carbonyl (C=O) groups excluding carboxylic acids is 1. The highest BCUT2D eigenvalue weighted by atomic mass is 79.9. The van der Waals surface area contributed by atoms with E-state index in [1.807, 2.05) is 23.1 Å². The van der Waals surface area contributed by atoms with E-state index in [-0.39, 0.29) is 11.9 Å². The van der Waals surface area contributed by atoms with Crippen molar-refractivity contribution in [1.82, 2.24) is 9.88 Å². The summed E-state index contributed by atoms with van der Waals surface area (Å²) >= 11 is 3.38. The molecule has 1 amide bonds. The number of rotatable bonds is 2. The largest absolute Gasteiger partial charge is 0.332 e. The molecule has 108 valence electrons. The van der Waals surface area contributed by atoms with Gasteiger partial charge in [0.15, 0.2) is 0 Å². The van der Waals surface area contributed by atoms with Crippen LogP contribution in [-0.4, -0.2) is 22.3 Å². The molecule has 21 heavy (non-hydrogen) atoms. The third-order valence-corrected chi connectivity index (χ3v) is 4.68. The lowest BCUT2D eigenvalue weighted by Gasteiger charge is -2.26. The van der Waals surface area contributed by atoms with E-state index in [9.17, 15) is 4.79 Å². The molecule has 0 radical (unpaired) electrons. The predicted molar refractivity (Wildman–Crippen MR) is 86.1 cm³/mol. The minimum Gasteiger partial charge on any atom is -0.332 e. The number of nitrogens with zero attached hydrogens (tertiary/aromatic N) is 2. The number of hydrogen-bond donors (Lipinski definition) is 0. The zero-order valence-corrected chi connectivity index (χ0v) is 13.5. The van der Waals surface area contributed by atoms with Gasteiger partial charge in [0, 0.05) is 12.7 Å². The number of carbonyl (C=O) groups is 1. The number of benzene rings is 1. The first-order valence-corrected chi connectivity index (χ1v) is 7.95. The lowest BCUT2D eigenvalue weighted by molar-refractivity contribution is 0.0734. The molecule has 2 aromatic rings. The molecule has 1 saturated heterocycles. The van der Waals surface area contributed by atoms with E-state index in [2.05, 4.69) is 40.0 Å². The highest BCUT2D eigenvalue weighted by Gasteiger charge is 2.32. The van der Waals surface area contributed by atoms with Gasteiger partial charge in [0.25, 0.3) is 5.91 Å². The maximum atomic E-state index is 12.8. The Kier molecular flexibility index (Phi) is 4.06. The summed E-state index contributed by atoms with van der Waals surface area (Å²) < 4.78 is 0.616. The summed E-state index contributed by atoms with van der Waals surface area (Å²) in [4.78, 5) is 19.0. The van der Waals surface area contributed by atoms with E-state index >= 15 is 0 Å². The van der Waals surface area contributed by atoms with Gasteiger partial charge in [0.2, 0.25) is 0 Å². The third kappa shape index (κ3) is 2.72. The van der Waals surface area contributed by atoms with Gasteiger partial charge >= 0.3 is 0 Å². The molecule has 1 fully saturated rings. The molecule has 1 aromatic heterocycles. The predicted octanol–water partition coefficient (Wildman–Crippen LogP) is 4.13. The summed E-state index contributed by atoms with van der Waals surface area (Å²) in [5, 5.41) is 0. The normalized spacial score (nSPS) is 18.0. The van der Waals surface area contributed by atoms with Gasteiger partial charge in [-0.3, -0.25) is 4.79 Å². The standard InChI is InChI=1S/C17H17BrN2O/c1-12-6-2-3-7-13(12)15-9-5-11-20(15)17(21)14-8-4-10-19-16(14)18/h2-4,6-8,10,15H,5,9,11H2,1H3. The Balaban J connectivity index is 1.93. The number of aromatic nitrogens is 1. The lowest BCUT2D eigenvalue weighted by atomic mass is 9.99. The van der Waals surface area contributed by atoms with Crippen LogP contribution >= 0.6 is 15.9 Å². The average Bonchev–Trinajstić information content (AvgIpc) is 2.97. The van der Waals surface area contributed by atoms with Crippen LogP contribution in [0.25, 0.3) is 0 Å². The Morgan fingerprint density at radius 1 is 1.29 bits per heavy atom. The zero-order valence-electron chi connectivity index (χ0n) is 11.9. The Morgan fingerprint density at radius 3 is 2.86 bits per heavy atom. The van der Waals surface area contributed by atoms with Crippen molar-refractivity contribution in [3.8, 4) is 0 Å². The van der Waals surface area contributed by atoms with E-state index in [1.165, 1.54) is 11.1 Å². The Morgan fingerprint density at radius 2 is 2.10 bits per heavy atom. The van der Waals surface area contributed by atoms with Gasteiger partial charge in [0.05, 0.1) is 11.6 Å². The Labute approximate surface area is 133 Å². The van der Waals surface area contributed by atoms with E-state index in [0.29, 0.717) is 10.2 Å². The first kappa shape index (κ1) is 14.3. The summed E-state index contributed by atoms with van der Waals surface area (Å²) in [6.07, 6.45) is 3.75. The van der Waals surface area contributed by atoms with Crippen LogP contribution in [0.1, 0.15) is 40.4 Å². The molecule has 2 heterocycles. The third-order valence-electron chi connectivity index (χ3n) is 4.05. The van der Waals surface area contributed by atoms with Crippen molar-refractivity contribution in [2.75, 3.05) is 6.54 Å². The first-order chi connectivity index (χ1) is 10.2. The van der Waals surface area contributed by atoms with Crippen molar-refractivity contribution in [1.29, 1.82) is 0 Å². The minimum absolute atomic E-state index is 0.0562. The molecular weight excluding hydrogens is 328 g/mol. The lowest BCUT2D eigenvalue weighted by Crippen LogP contribution is -2.31. The molecule has 0 N–H and O–H groups in total. The number of hydrogen-bond acceptors (Lipinski definition) is 2. The topological polar surface area (TPSA) is 33.2 Å². The number of pyridine rings is 1. The van der Waals surface area contributed by atoms with Crippen LogP contribution in [0.15, 0.2) is 47.2 Å². The highest BCUT2D eigenvalue weighted by molar-refractivity contribution is 9.10. The number of aryl methyl sites for hydroxylation is 1. The van der Waals surface area contributed by atoms with Gasteiger partial charge in [-0.1, -0.05) is 24.3 Å². The van der Waals surface area contributed by atoms with Gasteiger partial charge in [-0.2, -0.15) is 0 Å². The van der Waals surface area contributed by atoms with Gasteiger partial charge < -0.3 is 4.90 Å². The molecule has 3 rings (SSSR count). The van der Waals surface area contributed by atoms with Gasteiger partial charge in [-0.05, 0) is 59.0 Å². The first-order valence-electron chi connectivity index (χ1n) is 7.15. The quantitative estimate of drug-likeness (QED) is 0.767. The molecule has 3 nitrogen and oxygen atoms in total. The van der Waals surface area contributed by atoms with E-state index in [0.717, 1.165) is 19.4 Å². The fraction of sp³-hybridized carbons (Fsp3) is 0.294. The zero-order chi connectivity index (χ0) is 14.8. The van der Waals surface area contributed by atoms with Crippen LogP contribution in [0.4, 0.5) is 0 Å². The second-order valence-electron chi connectivity index (χ2n) is 5.35. The fourth-order valence-electron chi connectivity index (χ4n) is 2.99. The fourth-order valence-corrected chi connectivity index (χ4v) is 3.41. The maximum Gasteiger partial charge on any atom is 0.257 e. The van der Waals surface area contributed by atoms with Crippen molar-refractivity contribution in [2.24, 2.45) is 0 Å². The second kappa shape index (κ2) is 5.98. The number of amides is 1. The van der Waals surface area contributed by atoms with Crippen LogP contribution in [0.5, 0.6) is 0 Å². The van der Waals surface area contributed by atoms with E-state index in [1.54, 1.807) is 12.3 Å².